The number of ketones is 1. The highest BCUT2D eigenvalue weighted by Crippen LogP contribution is 2.35. The molecular weight excluding hydrogens is 316 g/mol. The number of amides is 1. The van der Waals surface area contributed by atoms with Crippen LogP contribution in [-0.4, -0.2) is 35.3 Å². The van der Waals surface area contributed by atoms with E-state index in [0.29, 0.717) is 29.8 Å². The van der Waals surface area contributed by atoms with Crippen LogP contribution in [0.2, 0.25) is 0 Å². The molecule has 2 aromatic rings. The SMILES string of the molecule is CN(C)C(=O)c1cc2c(n(-c3ccccc3)c1=O)CC(C)(C)CC2=O. The van der Waals surface area contributed by atoms with Gasteiger partial charge in [0.2, 0.25) is 0 Å². The minimum absolute atomic E-state index is 0.0243. The van der Waals surface area contributed by atoms with Crippen LogP contribution in [0.3, 0.4) is 0 Å². The second kappa shape index (κ2) is 5.99. The van der Waals surface area contributed by atoms with E-state index in [4.69, 9.17) is 0 Å². The first-order valence-corrected chi connectivity index (χ1v) is 8.30. The Kier molecular flexibility index (Phi) is 4.11. The van der Waals surface area contributed by atoms with Gasteiger partial charge in [-0.3, -0.25) is 19.0 Å². The fraction of sp³-hybridized carbons (Fsp3) is 0.350. The highest BCUT2D eigenvalue weighted by molar-refractivity contribution is 6.02. The number of fused-ring (bicyclic) bond motifs is 1. The van der Waals surface area contributed by atoms with Gasteiger partial charge in [-0.2, -0.15) is 0 Å². The van der Waals surface area contributed by atoms with Crippen LogP contribution in [-0.2, 0) is 6.42 Å². The van der Waals surface area contributed by atoms with E-state index in [1.807, 2.05) is 44.2 Å². The van der Waals surface area contributed by atoms with Crippen LogP contribution < -0.4 is 5.56 Å². The first-order valence-electron chi connectivity index (χ1n) is 8.30. The summed E-state index contributed by atoms with van der Waals surface area (Å²) < 4.78 is 1.53. The molecule has 0 bridgehead atoms. The Morgan fingerprint density at radius 1 is 1.08 bits per heavy atom. The molecule has 1 aliphatic carbocycles. The number of aromatic nitrogens is 1. The Morgan fingerprint density at radius 3 is 2.32 bits per heavy atom. The zero-order valence-electron chi connectivity index (χ0n) is 15.0. The van der Waals surface area contributed by atoms with E-state index < -0.39 is 5.91 Å². The first kappa shape index (κ1) is 17.1. The van der Waals surface area contributed by atoms with Gasteiger partial charge in [0, 0.05) is 37.5 Å². The molecule has 1 aromatic heterocycles. The number of rotatable bonds is 2. The summed E-state index contributed by atoms with van der Waals surface area (Å²) in [6.45, 7) is 4.04. The van der Waals surface area contributed by atoms with E-state index in [1.54, 1.807) is 14.1 Å². The summed E-state index contributed by atoms with van der Waals surface area (Å²) in [5, 5.41) is 0. The summed E-state index contributed by atoms with van der Waals surface area (Å²) in [5.74, 6) is -0.418. The van der Waals surface area contributed by atoms with Gasteiger partial charge in [-0.15, -0.1) is 0 Å². The molecule has 0 fully saturated rings. The van der Waals surface area contributed by atoms with Crippen molar-refractivity contribution in [3.05, 3.63) is 63.6 Å². The Morgan fingerprint density at radius 2 is 1.72 bits per heavy atom. The number of pyridine rings is 1. The van der Waals surface area contributed by atoms with E-state index >= 15 is 0 Å². The van der Waals surface area contributed by atoms with E-state index in [2.05, 4.69) is 0 Å². The van der Waals surface area contributed by atoms with Crippen molar-refractivity contribution in [2.24, 2.45) is 5.41 Å². The van der Waals surface area contributed by atoms with Gasteiger partial charge in [0.15, 0.2) is 5.78 Å². The normalized spacial score (nSPS) is 15.6. The molecule has 130 valence electrons. The zero-order valence-corrected chi connectivity index (χ0v) is 15.0. The van der Waals surface area contributed by atoms with Crippen molar-refractivity contribution in [2.45, 2.75) is 26.7 Å². The third-order valence-electron chi connectivity index (χ3n) is 4.54. The number of Topliss-reactive ketones (excluding diaryl/α,β-unsaturated/α-hetero) is 1. The standard InChI is InChI=1S/C20H22N2O3/c1-20(2)11-16-14(17(23)12-20)10-15(18(24)21(3)4)19(25)22(16)13-8-6-5-7-9-13/h5-10H,11-12H2,1-4H3. The summed E-state index contributed by atoms with van der Waals surface area (Å²) in [6, 6.07) is 10.7. The molecule has 0 spiro atoms. The van der Waals surface area contributed by atoms with Gasteiger partial charge < -0.3 is 4.90 Å². The number of hydrogen-bond acceptors (Lipinski definition) is 3. The van der Waals surface area contributed by atoms with Gasteiger partial charge in [0.25, 0.3) is 11.5 Å². The largest absolute Gasteiger partial charge is 0.345 e. The molecule has 25 heavy (non-hydrogen) atoms. The van der Waals surface area contributed by atoms with Crippen molar-refractivity contribution in [3.63, 3.8) is 0 Å². The summed E-state index contributed by atoms with van der Waals surface area (Å²) in [7, 11) is 3.19. The molecule has 1 amide bonds. The van der Waals surface area contributed by atoms with Gasteiger partial charge in [0.05, 0.1) is 0 Å². The minimum Gasteiger partial charge on any atom is -0.345 e. The molecule has 1 aliphatic rings. The van der Waals surface area contributed by atoms with E-state index in [9.17, 15) is 14.4 Å². The maximum Gasteiger partial charge on any atom is 0.268 e. The molecule has 0 N–H and O–H groups in total. The van der Waals surface area contributed by atoms with Crippen molar-refractivity contribution in [1.82, 2.24) is 9.47 Å². The monoisotopic (exact) mass is 338 g/mol. The summed E-state index contributed by atoms with van der Waals surface area (Å²) in [5.41, 5.74) is 1.26. The van der Waals surface area contributed by atoms with Crippen LogP contribution >= 0.6 is 0 Å². The molecule has 5 nitrogen and oxygen atoms in total. The van der Waals surface area contributed by atoms with Crippen LogP contribution in [0, 0.1) is 5.41 Å². The number of nitrogens with zero attached hydrogens (tertiary/aromatic N) is 2. The lowest BCUT2D eigenvalue weighted by Gasteiger charge is -2.32. The molecule has 0 radical (unpaired) electrons. The molecule has 0 unspecified atom stereocenters. The molecule has 0 aliphatic heterocycles. The highest BCUT2D eigenvalue weighted by Gasteiger charge is 2.35. The average molecular weight is 338 g/mol. The fourth-order valence-corrected chi connectivity index (χ4v) is 3.36. The third kappa shape index (κ3) is 3.02. The van der Waals surface area contributed by atoms with E-state index in [1.165, 1.54) is 15.5 Å². The third-order valence-corrected chi connectivity index (χ3v) is 4.54. The molecule has 0 atom stereocenters. The van der Waals surface area contributed by atoms with Crippen LogP contribution in [0.4, 0.5) is 0 Å². The van der Waals surface area contributed by atoms with E-state index in [0.717, 1.165) is 0 Å². The lowest BCUT2D eigenvalue weighted by atomic mass is 9.75. The fourth-order valence-electron chi connectivity index (χ4n) is 3.36. The Labute approximate surface area is 146 Å². The van der Waals surface area contributed by atoms with Crippen LogP contribution in [0.25, 0.3) is 5.69 Å². The van der Waals surface area contributed by atoms with Crippen LogP contribution in [0.5, 0.6) is 0 Å². The molecule has 0 saturated carbocycles. The number of benzene rings is 1. The summed E-state index contributed by atoms with van der Waals surface area (Å²) in [4.78, 5) is 39.6. The molecular formula is C20H22N2O3. The van der Waals surface area contributed by atoms with Crippen molar-refractivity contribution in [1.29, 1.82) is 0 Å². The van der Waals surface area contributed by atoms with Crippen LogP contribution in [0.1, 0.15) is 46.7 Å². The number of carbonyl (C=O) groups is 2. The van der Waals surface area contributed by atoms with Gasteiger partial charge in [-0.05, 0) is 30.0 Å². The second-order valence-corrected chi connectivity index (χ2v) is 7.54. The topological polar surface area (TPSA) is 59.4 Å². The summed E-state index contributed by atoms with van der Waals surface area (Å²) in [6.07, 6.45) is 1.01. The smallest absolute Gasteiger partial charge is 0.268 e. The highest BCUT2D eigenvalue weighted by atomic mass is 16.2. The van der Waals surface area contributed by atoms with Crippen molar-refractivity contribution in [2.75, 3.05) is 14.1 Å². The number of carbonyl (C=O) groups excluding carboxylic acids is 2. The summed E-state index contributed by atoms with van der Waals surface area (Å²) >= 11 is 0. The van der Waals surface area contributed by atoms with Gasteiger partial charge in [-0.25, -0.2) is 0 Å². The molecule has 1 aromatic carbocycles. The Balaban J connectivity index is 2.37. The van der Waals surface area contributed by atoms with Gasteiger partial charge >= 0.3 is 0 Å². The Bertz CT molecular complexity index is 909. The number of para-hydroxylation sites is 1. The number of hydrogen-bond donors (Lipinski definition) is 0. The maximum absolute atomic E-state index is 13.1. The van der Waals surface area contributed by atoms with E-state index in [-0.39, 0.29) is 22.3 Å². The predicted molar refractivity (Wildman–Crippen MR) is 96.5 cm³/mol. The van der Waals surface area contributed by atoms with Gasteiger partial charge in [-0.1, -0.05) is 32.0 Å². The quantitative estimate of drug-likeness (QED) is 0.846. The molecule has 0 saturated heterocycles. The zero-order chi connectivity index (χ0) is 18.4. The lowest BCUT2D eigenvalue weighted by Crippen LogP contribution is -2.38. The minimum atomic E-state index is -0.393. The first-order chi connectivity index (χ1) is 11.7. The van der Waals surface area contributed by atoms with Crippen molar-refractivity contribution < 1.29 is 9.59 Å². The maximum atomic E-state index is 13.1. The predicted octanol–water partition coefficient (Wildman–Crippen LogP) is 2.69. The lowest BCUT2D eigenvalue weighted by molar-refractivity contribution is 0.0825. The average Bonchev–Trinajstić information content (AvgIpc) is 2.53. The van der Waals surface area contributed by atoms with Crippen molar-refractivity contribution >= 4 is 11.7 Å². The molecule has 1 heterocycles. The second-order valence-electron chi connectivity index (χ2n) is 7.54. The van der Waals surface area contributed by atoms with Crippen LogP contribution in [0.15, 0.2) is 41.2 Å². The Hall–Kier alpha value is -2.69. The van der Waals surface area contributed by atoms with Gasteiger partial charge in [0.1, 0.15) is 5.56 Å². The molecule has 3 rings (SSSR count). The molecule has 5 heteroatoms. The van der Waals surface area contributed by atoms with Crippen molar-refractivity contribution in [3.8, 4) is 5.69 Å².